The van der Waals surface area contributed by atoms with Crippen LogP contribution in [-0.4, -0.2) is 16.4 Å². The number of hydrogen-bond donors (Lipinski definition) is 2. The zero-order chi connectivity index (χ0) is 15.6. The highest BCUT2D eigenvalue weighted by molar-refractivity contribution is 7.15. The zero-order valence-corrected chi connectivity index (χ0v) is 12.4. The van der Waals surface area contributed by atoms with Gasteiger partial charge in [0, 0.05) is 17.5 Å². The van der Waals surface area contributed by atoms with Crippen molar-refractivity contribution in [3.05, 3.63) is 46.5 Å². The van der Waals surface area contributed by atoms with Crippen molar-refractivity contribution >= 4 is 22.4 Å². The third kappa shape index (κ3) is 4.05. The lowest BCUT2D eigenvalue weighted by Gasteiger charge is -2.16. The highest BCUT2D eigenvalue weighted by Crippen LogP contribution is 2.22. The van der Waals surface area contributed by atoms with Gasteiger partial charge in [-0.2, -0.15) is 0 Å². The van der Waals surface area contributed by atoms with Crippen LogP contribution in [0.3, 0.4) is 0 Å². The topological polar surface area (TPSA) is 68.0 Å². The molecule has 0 saturated heterocycles. The first-order valence-corrected chi connectivity index (χ1v) is 7.06. The molecule has 0 spiro atoms. The summed E-state index contributed by atoms with van der Waals surface area (Å²) in [5.74, 6) is -2.09. The van der Waals surface area contributed by atoms with Crippen LogP contribution in [0.25, 0.3) is 0 Å². The molecule has 4 nitrogen and oxygen atoms in total. The highest BCUT2D eigenvalue weighted by atomic mass is 32.1. The second kappa shape index (κ2) is 5.87. The van der Waals surface area contributed by atoms with Gasteiger partial charge in [-0.05, 0) is 31.5 Å². The number of carbonyl (C=O) groups is 1. The summed E-state index contributed by atoms with van der Waals surface area (Å²) in [6.45, 7) is 3.19. The number of aromatic nitrogens is 1. The van der Waals surface area contributed by atoms with Crippen LogP contribution in [0, 0.1) is 11.6 Å². The van der Waals surface area contributed by atoms with Crippen LogP contribution in [0.15, 0.2) is 24.4 Å². The van der Waals surface area contributed by atoms with E-state index in [1.54, 1.807) is 20.0 Å². The summed E-state index contributed by atoms with van der Waals surface area (Å²) in [6, 6.07) is 3.75. The smallest absolute Gasteiger partial charge is 0.245 e. The van der Waals surface area contributed by atoms with Gasteiger partial charge in [0.1, 0.15) is 0 Å². The number of nitrogens with two attached hydrogens (primary N) is 1. The van der Waals surface area contributed by atoms with E-state index < -0.39 is 17.2 Å². The lowest BCUT2D eigenvalue weighted by atomic mass is 10.1. The van der Waals surface area contributed by atoms with Gasteiger partial charge < -0.3 is 11.1 Å². The van der Waals surface area contributed by atoms with Gasteiger partial charge in [0.05, 0.1) is 5.54 Å². The number of amides is 1. The third-order valence-corrected chi connectivity index (χ3v) is 3.63. The summed E-state index contributed by atoms with van der Waals surface area (Å²) in [6.07, 6.45) is 2.00. The summed E-state index contributed by atoms with van der Waals surface area (Å²) in [7, 11) is 0. The van der Waals surface area contributed by atoms with Crippen molar-refractivity contribution in [3.63, 3.8) is 0 Å². The van der Waals surface area contributed by atoms with Crippen molar-refractivity contribution in [1.82, 2.24) is 4.98 Å². The quantitative estimate of drug-likeness (QED) is 0.912. The monoisotopic (exact) mass is 311 g/mol. The van der Waals surface area contributed by atoms with Gasteiger partial charge in [-0.3, -0.25) is 4.79 Å². The Morgan fingerprint density at radius 3 is 2.71 bits per heavy atom. The van der Waals surface area contributed by atoms with Crippen LogP contribution in [0.2, 0.25) is 0 Å². The van der Waals surface area contributed by atoms with Crippen LogP contribution in [0.4, 0.5) is 13.9 Å². The van der Waals surface area contributed by atoms with Crippen molar-refractivity contribution in [2.24, 2.45) is 5.73 Å². The normalized spacial score (nSPS) is 11.5. The van der Waals surface area contributed by atoms with Crippen LogP contribution in [0.1, 0.15) is 24.3 Å². The Kier molecular flexibility index (Phi) is 4.34. The number of hydrogen-bond acceptors (Lipinski definition) is 4. The van der Waals surface area contributed by atoms with E-state index in [4.69, 9.17) is 5.73 Å². The van der Waals surface area contributed by atoms with E-state index in [9.17, 15) is 13.6 Å². The molecule has 0 aliphatic carbocycles. The fraction of sp³-hybridized carbons (Fsp3) is 0.286. The fourth-order valence-electron chi connectivity index (χ4n) is 1.56. The van der Waals surface area contributed by atoms with Gasteiger partial charge in [-0.25, -0.2) is 13.8 Å². The number of nitrogens with one attached hydrogen (secondary N) is 1. The lowest BCUT2D eigenvalue weighted by Crippen LogP contribution is -2.45. The molecule has 3 N–H and O–H groups in total. The summed E-state index contributed by atoms with van der Waals surface area (Å²) in [5.41, 5.74) is 5.32. The molecule has 0 aliphatic rings. The van der Waals surface area contributed by atoms with Crippen molar-refractivity contribution in [2.45, 2.75) is 25.8 Å². The molecule has 0 bridgehead atoms. The second-order valence-corrected chi connectivity index (χ2v) is 6.35. The molecular formula is C14H15F2N3OS. The van der Waals surface area contributed by atoms with Gasteiger partial charge in [-0.1, -0.05) is 6.07 Å². The fourth-order valence-corrected chi connectivity index (χ4v) is 2.40. The van der Waals surface area contributed by atoms with E-state index in [-0.39, 0.29) is 5.91 Å². The largest absolute Gasteiger partial charge is 0.318 e. The summed E-state index contributed by atoms with van der Waals surface area (Å²) >= 11 is 1.27. The van der Waals surface area contributed by atoms with Crippen LogP contribution in [0.5, 0.6) is 0 Å². The van der Waals surface area contributed by atoms with E-state index in [0.29, 0.717) is 17.1 Å². The predicted molar refractivity (Wildman–Crippen MR) is 78.2 cm³/mol. The molecule has 21 heavy (non-hydrogen) atoms. The summed E-state index contributed by atoms with van der Waals surface area (Å²) < 4.78 is 26.0. The third-order valence-electron chi connectivity index (χ3n) is 2.72. The molecule has 0 unspecified atom stereocenters. The van der Waals surface area contributed by atoms with E-state index in [0.717, 1.165) is 17.0 Å². The number of benzene rings is 1. The number of rotatable bonds is 4. The molecule has 1 aromatic carbocycles. The number of halogens is 2. The molecule has 7 heteroatoms. The van der Waals surface area contributed by atoms with Crippen LogP contribution in [-0.2, 0) is 11.2 Å². The van der Waals surface area contributed by atoms with E-state index in [1.807, 2.05) is 0 Å². The van der Waals surface area contributed by atoms with E-state index in [2.05, 4.69) is 10.3 Å². The van der Waals surface area contributed by atoms with E-state index >= 15 is 0 Å². The minimum absolute atomic E-state index is 0.337. The Bertz CT molecular complexity index is 664. The molecule has 1 amide bonds. The molecule has 0 aliphatic heterocycles. The molecule has 2 aromatic rings. The SMILES string of the molecule is CC(C)(N)C(=O)Nc1ncc(Cc2ccc(F)c(F)c2)s1. The van der Waals surface area contributed by atoms with Gasteiger partial charge in [0.25, 0.3) is 0 Å². The van der Waals surface area contributed by atoms with Crippen molar-refractivity contribution in [2.75, 3.05) is 5.32 Å². The second-order valence-electron chi connectivity index (χ2n) is 5.23. The highest BCUT2D eigenvalue weighted by Gasteiger charge is 2.22. The molecular weight excluding hydrogens is 296 g/mol. The molecule has 0 radical (unpaired) electrons. The van der Waals surface area contributed by atoms with E-state index in [1.165, 1.54) is 17.4 Å². The Labute approximate surface area is 125 Å². The molecule has 0 fully saturated rings. The summed E-state index contributed by atoms with van der Waals surface area (Å²) in [4.78, 5) is 16.6. The Balaban J connectivity index is 2.06. The lowest BCUT2D eigenvalue weighted by molar-refractivity contribution is -0.120. The number of thiazole rings is 1. The maximum atomic E-state index is 13.1. The minimum Gasteiger partial charge on any atom is -0.318 e. The van der Waals surface area contributed by atoms with Gasteiger partial charge >= 0.3 is 0 Å². The van der Waals surface area contributed by atoms with Crippen molar-refractivity contribution in [3.8, 4) is 0 Å². The number of nitrogens with zero attached hydrogens (tertiary/aromatic N) is 1. The molecule has 2 rings (SSSR count). The zero-order valence-electron chi connectivity index (χ0n) is 11.6. The van der Waals surface area contributed by atoms with Gasteiger partial charge in [-0.15, -0.1) is 11.3 Å². The molecule has 0 atom stereocenters. The summed E-state index contributed by atoms with van der Waals surface area (Å²) in [5, 5.41) is 3.04. The molecule has 1 heterocycles. The molecule has 112 valence electrons. The van der Waals surface area contributed by atoms with Crippen molar-refractivity contribution in [1.29, 1.82) is 0 Å². The first-order chi connectivity index (χ1) is 9.75. The number of carbonyl (C=O) groups excluding carboxylic acids is 1. The standard InChI is InChI=1S/C14H15F2N3OS/c1-14(2,17)12(20)19-13-18-7-9(21-13)5-8-3-4-10(15)11(16)6-8/h3-4,6-7H,5,17H2,1-2H3,(H,18,19,20). The van der Waals surface area contributed by atoms with Gasteiger partial charge in [0.15, 0.2) is 16.8 Å². The number of anilines is 1. The first kappa shape index (κ1) is 15.5. The van der Waals surface area contributed by atoms with Gasteiger partial charge in [0.2, 0.25) is 5.91 Å². The maximum Gasteiger partial charge on any atom is 0.245 e. The maximum absolute atomic E-state index is 13.1. The average Bonchev–Trinajstić information content (AvgIpc) is 2.80. The Hall–Kier alpha value is -1.86. The predicted octanol–water partition coefficient (Wildman–Crippen LogP) is 2.69. The minimum atomic E-state index is -0.994. The van der Waals surface area contributed by atoms with Crippen molar-refractivity contribution < 1.29 is 13.6 Å². The Morgan fingerprint density at radius 2 is 2.10 bits per heavy atom. The van der Waals surface area contributed by atoms with Crippen LogP contribution >= 0.6 is 11.3 Å². The first-order valence-electron chi connectivity index (χ1n) is 6.24. The molecule has 0 saturated carbocycles. The average molecular weight is 311 g/mol. The molecule has 1 aromatic heterocycles. The van der Waals surface area contributed by atoms with Crippen LogP contribution < -0.4 is 11.1 Å². The Morgan fingerprint density at radius 1 is 1.38 bits per heavy atom.